The summed E-state index contributed by atoms with van der Waals surface area (Å²) < 4.78 is 7.48. The van der Waals surface area contributed by atoms with Crippen LogP contribution in [-0.4, -0.2) is 46.5 Å². The standard InChI is InChI=1S/C15H29N5O/c1-4-6-20-12-13(11-17-20)14(18-16)15(3,5-2)19-7-9-21-10-8-19/h11-12,14,18H,4-10,16H2,1-3H3. The summed E-state index contributed by atoms with van der Waals surface area (Å²) in [6, 6.07) is 0.0613. The Bertz CT molecular complexity index is 429. The van der Waals surface area contributed by atoms with E-state index in [-0.39, 0.29) is 11.6 Å². The lowest BCUT2D eigenvalue weighted by molar-refractivity contribution is -0.0329. The van der Waals surface area contributed by atoms with Crippen LogP contribution in [0.5, 0.6) is 0 Å². The number of nitrogens with one attached hydrogen (secondary N) is 1. The van der Waals surface area contributed by atoms with Gasteiger partial charge in [0.15, 0.2) is 0 Å². The molecule has 0 aliphatic carbocycles. The van der Waals surface area contributed by atoms with E-state index in [9.17, 15) is 0 Å². The van der Waals surface area contributed by atoms with Gasteiger partial charge in [-0.05, 0) is 19.8 Å². The molecule has 6 nitrogen and oxygen atoms in total. The average Bonchev–Trinajstić information content (AvgIpc) is 2.97. The van der Waals surface area contributed by atoms with E-state index in [4.69, 9.17) is 10.6 Å². The number of hydrazine groups is 1. The first-order valence-electron chi connectivity index (χ1n) is 7.97. The molecule has 1 aromatic rings. The van der Waals surface area contributed by atoms with Crippen LogP contribution < -0.4 is 11.3 Å². The molecule has 2 rings (SSSR count). The molecule has 1 fully saturated rings. The van der Waals surface area contributed by atoms with Crippen molar-refractivity contribution in [3.05, 3.63) is 18.0 Å². The number of ether oxygens (including phenoxy) is 1. The van der Waals surface area contributed by atoms with Crippen LogP contribution in [0.25, 0.3) is 0 Å². The Kier molecular flexibility index (Phi) is 5.75. The largest absolute Gasteiger partial charge is 0.379 e. The van der Waals surface area contributed by atoms with Crippen molar-refractivity contribution < 1.29 is 4.74 Å². The van der Waals surface area contributed by atoms with Crippen LogP contribution in [0, 0.1) is 0 Å². The molecule has 21 heavy (non-hydrogen) atoms. The van der Waals surface area contributed by atoms with Crippen molar-refractivity contribution in [2.45, 2.75) is 51.7 Å². The van der Waals surface area contributed by atoms with Crippen LogP contribution in [0.4, 0.5) is 0 Å². The predicted molar refractivity (Wildman–Crippen MR) is 83.7 cm³/mol. The van der Waals surface area contributed by atoms with Gasteiger partial charge < -0.3 is 4.74 Å². The highest BCUT2D eigenvalue weighted by molar-refractivity contribution is 5.17. The Hall–Kier alpha value is -0.950. The second-order valence-electron chi connectivity index (χ2n) is 5.95. The Morgan fingerprint density at radius 1 is 1.43 bits per heavy atom. The molecule has 0 amide bonds. The summed E-state index contributed by atoms with van der Waals surface area (Å²) in [5.74, 6) is 5.91. The van der Waals surface area contributed by atoms with Crippen LogP contribution in [0.1, 0.15) is 45.2 Å². The quantitative estimate of drug-likeness (QED) is 0.586. The van der Waals surface area contributed by atoms with Gasteiger partial charge in [-0.2, -0.15) is 5.10 Å². The lowest BCUT2D eigenvalue weighted by Gasteiger charge is -2.47. The molecule has 1 saturated heterocycles. The molecular weight excluding hydrogens is 266 g/mol. The highest BCUT2D eigenvalue weighted by atomic mass is 16.5. The molecule has 1 aliphatic rings. The van der Waals surface area contributed by atoms with Crippen molar-refractivity contribution >= 4 is 0 Å². The Morgan fingerprint density at radius 2 is 2.14 bits per heavy atom. The van der Waals surface area contributed by atoms with Crippen molar-refractivity contribution in [3.63, 3.8) is 0 Å². The number of aromatic nitrogens is 2. The first-order chi connectivity index (χ1) is 10.2. The molecule has 6 heteroatoms. The summed E-state index contributed by atoms with van der Waals surface area (Å²) in [4.78, 5) is 2.48. The third kappa shape index (κ3) is 3.45. The molecule has 2 unspecified atom stereocenters. The minimum Gasteiger partial charge on any atom is -0.379 e. The molecule has 120 valence electrons. The van der Waals surface area contributed by atoms with Crippen LogP contribution in [0.3, 0.4) is 0 Å². The van der Waals surface area contributed by atoms with Gasteiger partial charge in [-0.3, -0.25) is 20.9 Å². The molecule has 0 spiro atoms. The van der Waals surface area contributed by atoms with E-state index in [1.165, 1.54) is 0 Å². The van der Waals surface area contributed by atoms with Gasteiger partial charge in [0.1, 0.15) is 0 Å². The van der Waals surface area contributed by atoms with Gasteiger partial charge in [0, 0.05) is 36.9 Å². The predicted octanol–water partition coefficient (Wildman–Crippen LogP) is 1.30. The second kappa shape index (κ2) is 7.35. The SMILES string of the molecule is CCCn1cc(C(NN)C(C)(CC)N2CCOCC2)cn1. The zero-order chi connectivity index (χ0) is 15.3. The first kappa shape index (κ1) is 16.4. The number of nitrogens with zero attached hydrogens (tertiary/aromatic N) is 3. The fraction of sp³-hybridized carbons (Fsp3) is 0.800. The smallest absolute Gasteiger partial charge is 0.0671 e. The maximum absolute atomic E-state index is 5.91. The monoisotopic (exact) mass is 295 g/mol. The lowest BCUT2D eigenvalue weighted by Crippen LogP contribution is -2.58. The average molecular weight is 295 g/mol. The number of hydrogen-bond donors (Lipinski definition) is 2. The van der Waals surface area contributed by atoms with Crippen molar-refractivity contribution in [1.82, 2.24) is 20.1 Å². The molecule has 2 heterocycles. The van der Waals surface area contributed by atoms with E-state index in [0.29, 0.717) is 0 Å². The van der Waals surface area contributed by atoms with Crippen molar-refractivity contribution in [1.29, 1.82) is 0 Å². The van der Waals surface area contributed by atoms with E-state index >= 15 is 0 Å². The van der Waals surface area contributed by atoms with Crippen molar-refractivity contribution in [2.75, 3.05) is 26.3 Å². The molecular formula is C15H29N5O. The highest BCUT2D eigenvalue weighted by Crippen LogP contribution is 2.34. The third-order valence-electron chi connectivity index (χ3n) is 4.68. The Labute approximate surface area is 127 Å². The van der Waals surface area contributed by atoms with E-state index in [0.717, 1.165) is 51.3 Å². The van der Waals surface area contributed by atoms with Crippen LogP contribution >= 0.6 is 0 Å². The first-order valence-corrected chi connectivity index (χ1v) is 7.97. The molecule has 0 aromatic carbocycles. The Balaban J connectivity index is 2.22. The van der Waals surface area contributed by atoms with Gasteiger partial charge in [0.2, 0.25) is 0 Å². The molecule has 2 atom stereocenters. The molecule has 3 N–H and O–H groups in total. The van der Waals surface area contributed by atoms with Gasteiger partial charge in [0.05, 0.1) is 25.5 Å². The maximum atomic E-state index is 5.91. The summed E-state index contributed by atoms with van der Waals surface area (Å²) >= 11 is 0. The fourth-order valence-corrected chi connectivity index (χ4v) is 3.20. The number of aryl methyl sites for hydroxylation is 1. The van der Waals surface area contributed by atoms with E-state index in [2.05, 4.69) is 42.4 Å². The number of hydrogen-bond acceptors (Lipinski definition) is 5. The molecule has 0 bridgehead atoms. The van der Waals surface area contributed by atoms with Gasteiger partial charge in [0.25, 0.3) is 0 Å². The summed E-state index contributed by atoms with van der Waals surface area (Å²) in [7, 11) is 0. The third-order valence-corrected chi connectivity index (χ3v) is 4.68. The normalized spacial score (nSPS) is 21.1. The number of rotatable bonds is 7. The lowest BCUT2D eigenvalue weighted by atomic mass is 9.84. The molecule has 0 radical (unpaired) electrons. The summed E-state index contributed by atoms with van der Waals surface area (Å²) in [6.07, 6.45) is 6.15. The topological polar surface area (TPSA) is 68.3 Å². The maximum Gasteiger partial charge on any atom is 0.0671 e. The number of morpholine rings is 1. The van der Waals surface area contributed by atoms with E-state index in [1.54, 1.807) is 0 Å². The van der Waals surface area contributed by atoms with Gasteiger partial charge in [-0.25, -0.2) is 0 Å². The minimum atomic E-state index is -0.0430. The van der Waals surface area contributed by atoms with Crippen molar-refractivity contribution in [2.24, 2.45) is 5.84 Å². The summed E-state index contributed by atoms with van der Waals surface area (Å²) in [5.41, 5.74) is 4.14. The summed E-state index contributed by atoms with van der Waals surface area (Å²) in [5, 5.41) is 4.45. The zero-order valence-corrected chi connectivity index (χ0v) is 13.5. The van der Waals surface area contributed by atoms with E-state index < -0.39 is 0 Å². The fourth-order valence-electron chi connectivity index (χ4n) is 3.20. The molecule has 1 aliphatic heterocycles. The van der Waals surface area contributed by atoms with Gasteiger partial charge in [-0.1, -0.05) is 13.8 Å². The van der Waals surface area contributed by atoms with Crippen LogP contribution in [0.2, 0.25) is 0 Å². The highest BCUT2D eigenvalue weighted by Gasteiger charge is 2.39. The Morgan fingerprint density at radius 3 is 2.71 bits per heavy atom. The van der Waals surface area contributed by atoms with Gasteiger partial charge >= 0.3 is 0 Å². The molecule has 0 saturated carbocycles. The van der Waals surface area contributed by atoms with Crippen LogP contribution in [0.15, 0.2) is 12.4 Å². The summed E-state index contributed by atoms with van der Waals surface area (Å²) in [6.45, 7) is 11.1. The van der Waals surface area contributed by atoms with Crippen LogP contribution in [-0.2, 0) is 11.3 Å². The van der Waals surface area contributed by atoms with E-state index in [1.807, 2.05) is 10.9 Å². The second-order valence-corrected chi connectivity index (χ2v) is 5.95. The minimum absolute atomic E-state index is 0.0430. The van der Waals surface area contributed by atoms with Gasteiger partial charge in [-0.15, -0.1) is 0 Å². The van der Waals surface area contributed by atoms with Crippen molar-refractivity contribution in [3.8, 4) is 0 Å². The molecule has 1 aromatic heterocycles. The number of nitrogens with two attached hydrogens (primary N) is 1. The zero-order valence-electron chi connectivity index (χ0n) is 13.5.